The van der Waals surface area contributed by atoms with E-state index in [1.165, 1.54) is 4.90 Å². The number of aromatic nitrogens is 2. The minimum atomic E-state index is -0.530. The van der Waals surface area contributed by atoms with Crippen molar-refractivity contribution in [2.45, 2.75) is 13.8 Å². The molecule has 29 heavy (non-hydrogen) atoms. The Morgan fingerprint density at radius 3 is 2.69 bits per heavy atom. The van der Waals surface area contributed by atoms with Gasteiger partial charge in [0.15, 0.2) is 18.1 Å². The lowest BCUT2D eigenvalue weighted by Gasteiger charge is -2.16. The van der Waals surface area contributed by atoms with Crippen LogP contribution < -0.4 is 15.0 Å². The monoisotopic (exact) mass is 416 g/mol. The van der Waals surface area contributed by atoms with Gasteiger partial charge in [-0.15, -0.1) is 0 Å². The van der Waals surface area contributed by atoms with Gasteiger partial charge in [-0.1, -0.05) is 17.7 Å². The predicted octanol–water partition coefficient (Wildman–Crippen LogP) is 2.64. The Kier molecular flexibility index (Phi) is 7.39. The third-order valence-electron chi connectivity index (χ3n) is 3.98. The Bertz CT molecular complexity index is 1040. The minimum Gasteiger partial charge on any atom is -0.490 e. The van der Waals surface area contributed by atoms with E-state index in [0.717, 1.165) is 0 Å². The number of rotatable bonds is 7. The van der Waals surface area contributed by atoms with E-state index in [1.54, 1.807) is 45.3 Å². The molecule has 0 saturated carbocycles. The summed E-state index contributed by atoms with van der Waals surface area (Å²) in [5.74, 6) is 0.474. The third kappa shape index (κ3) is 5.36. The number of nitrogens with one attached hydrogen (secondary N) is 1. The van der Waals surface area contributed by atoms with Crippen LogP contribution in [-0.4, -0.2) is 48.3 Å². The number of ether oxygens (including phenoxy) is 2. The van der Waals surface area contributed by atoms with Crippen molar-refractivity contribution in [1.82, 2.24) is 15.1 Å². The molecular formula is C20H21ClN4O4. The van der Waals surface area contributed by atoms with E-state index in [-0.39, 0.29) is 28.8 Å². The van der Waals surface area contributed by atoms with Gasteiger partial charge in [-0.2, -0.15) is 10.4 Å². The van der Waals surface area contributed by atoms with E-state index in [0.29, 0.717) is 29.2 Å². The van der Waals surface area contributed by atoms with Crippen molar-refractivity contribution in [2.75, 3.05) is 27.3 Å². The molecule has 1 aromatic carbocycles. The van der Waals surface area contributed by atoms with E-state index in [1.807, 2.05) is 13.0 Å². The van der Waals surface area contributed by atoms with Crippen LogP contribution in [0.15, 0.2) is 16.9 Å². The fourth-order valence-corrected chi connectivity index (χ4v) is 2.65. The van der Waals surface area contributed by atoms with Gasteiger partial charge in [-0.25, -0.2) is 5.10 Å². The summed E-state index contributed by atoms with van der Waals surface area (Å²) < 4.78 is 11.2. The van der Waals surface area contributed by atoms with Crippen LogP contribution in [-0.2, 0) is 4.79 Å². The molecule has 152 valence electrons. The number of carbonyl (C=O) groups is 1. The largest absolute Gasteiger partial charge is 0.490 e. The SMILES string of the molecule is CCOc1cc(/C=C/c2n[nH]c(=O)c(C#N)c2C)cc(Cl)c1OCC(=O)N(C)C. The molecule has 2 aromatic rings. The number of amides is 1. The van der Waals surface area contributed by atoms with E-state index in [4.69, 9.17) is 26.3 Å². The molecule has 0 atom stereocenters. The zero-order valence-corrected chi connectivity index (χ0v) is 17.3. The minimum absolute atomic E-state index is 0.0157. The van der Waals surface area contributed by atoms with Crippen LogP contribution in [0, 0.1) is 18.3 Å². The smallest absolute Gasteiger partial charge is 0.282 e. The van der Waals surface area contributed by atoms with Gasteiger partial charge in [-0.3, -0.25) is 9.59 Å². The fraction of sp³-hybridized carbons (Fsp3) is 0.300. The van der Waals surface area contributed by atoms with Crippen molar-refractivity contribution in [3.8, 4) is 17.6 Å². The van der Waals surface area contributed by atoms with Crippen LogP contribution in [0.4, 0.5) is 0 Å². The highest BCUT2D eigenvalue weighted by Crippen LogP contribution is 2.37. The van der Waals surface area contributed by atoms with Gasteiger partial charge in [-0.05, 0) is 43.2 Å². The van der Waals surface area contributed by atoms with Gasteiger partial charge in [0, 0.05) is 14.1 Å². The number of hydrogen-bond donors (Lipinski definition) is 1. The molecule has 9 heteroatoms. The molecule has 2 rings (SSSR count). The summed E-state index contributed by atoms with van der Waals surface area (Å²) in [6.07, 6.45) is 3.38. The van der Waals surface area contributed by atoms with Crippen LogP contribution in [0.25, 0.3) is 12.2 Å². The van der Waals surface area contributed by atoms with Crippen molar-refractivity contribution in [3.05, 3.63) is 49.9 Å². The number of nitriles is 1. The molecule has 8 nitrogen and oxygen atoms in total. The second-order valence-corrected chi connectivity index (χ2v) is 6.63. The van der Waals surface area contributed by atoms with E-state index < -0.39 is 5.56 Å². The van der Waals surface area contributed by atoms with Crippen LogP contribution in [0.5, 0.6) is 11.5 Å². The molecule has 0 unspecified atom stereocenters. The summed E-state index contributed by atoms with van der Waals surface area (Å²) in [4.78, 5) is 24.8. The predicted molar refractivity (Wildman–Crippen MR) is 110 cm³/mol. The van der Waals surface area contributed by atoms with Crippen LogP contribution in [0.2, 0.25) is 5.02 Å². The summed E-state index contributed by atoms with van der Waals surface area (Å²) in [6, 6.07) is 5.24. The standard InChI is InChI=1S/C20H21ClN4O4/c1-5-28-17-9-13(8-15(21)19(17)29-11-18(26)25(3)4)6-7-16-12(2)14(10-22)20(27)24-23-16/h6-9H,5,11H2,1-4H3,(H,24,27)/b7-6+. The van der Waals surface area contributed by atoms with Crippen LogP contribution >= 0.6 is 11.6 Å². The molecule has 0 fully saturated rings. The van der Waals surface area contributed by atoms with Crippen molar-refractivity contribution in [3.63, 3.8) is 0 Å². The molecule has 0 aliphatic carbocycles. The fourth-order valence-electron chi connectivity index (χ4n) is 2.37. The average Bonchev–Trinajstić information content (AvgIpc) is 2.67. The molecule has 0 bridgehead atoms. The highest BCUT2D eigenvalue weighted by molar-refractivity contribution is 6.32. The Morgan fingerprint density at radius 2 is 2.07 bits per heavy atom. The van der Waals surface area contributed by atoms with E-state index >= 15 is 0 Å². The molecule has 1 aromatic heterocycles. The summed E-state index contributed by atoms with van der Waals surface area (Å²) in [5.41, 5.74) is 1.10. The lowest BCUT2D eigenvalue weighted by Crippen LogP contribution is -2.27. The molecule has 1 amide bonds. The molecule has 1 heterocycles. The van der Waals surface area contributed by atoms with Crippen LogP contribution in [0.3, 0.4) is 0 Å². The average molecular weight is 417 g/mol. The second-order valence-electron chi connectivity index (χ2n) is 6.22. The first kappa shape index (κ1) is 22.0. The summed E-state index contributed by atoms with van der Waals surface area (Å²) in [5, 5.41) is 15.6. The van der Waals surface area contributed by atoms with Crippen LogP contribution in [0.1, 0.15) is 29.3 Å². The number of aromatic amines is 1. The maximum atomic E-state index is 11.8. The van der Waals surface area contributed by atoms with Crippen molar-refractivity contribution >= 4 is 29.7 Å². The zero-order valence-electron chi connectivity index (χ0n) is 16.6. The molecular weight excluding hydrogens is 396 g/mol. The quantitative estimate of drug-likeness (QED) is 0.743. The van der Waals surface area contributed by atoms with E-state index in [2.05, 4.69) is 10.2 Å². The number of carbonyl (C=O) groups excluding carboxylic acids is 1. The number of benzene rings is 1. The first-order chi connectivity index (χ1) is 13.8. The Labute approximate surface area is 173 Å². The zero-order chi connectivity index (χ0) is 21.6. The summed E-state index contributed by atoms with van der Waals surface area (Å²) in [7, 11) is 3.27. The number of halogens is 1. The van der Waals surface area contributed by atoms with Gasteiger partial charge in [0.05, 0.1) is 17.3 Å². The molecule has 0 saturated heterocycles. The lowest BCUT2D eigenvalue weighted by atomic mass is 10.1. The van der Waals surface area contributed by atoms with Crippen molar-refractivity contribution in [1.29, 1.82) is 5.26 Å². The molecule has 1 N–H and O–H groups in total. The Hall–Kier alpha value is -3.31. The lowest BCUT2D eigenvalue weighted by molar-refractivity contribution is -0.130. The normalized spacial score (nSPS) is 10.6. The van der Waals surface area contributed by atoms with Gasteiger partial charge >= 0.3 is 0 Å². The molecule has 0 spiro atoms. The molecule has 0 radical (unpaired) electrons. The second kappa shape index (κ2) is 9.75. The molecule has 0 aliphatic heterocycles. The van der Waals surface area contributed by atoms with Gasteiger partial charge in [0.25, 0.3) is 11.5 Å². The maximum absolute atomic E-state index is 11.8. The first-order valence-corrected chi connectivity index (χ1v) is 9.13. The number of H-pyrrole nitrogens is 1. The number of hydrogen-bond acceptors (Lipinski definition) is 6. The first-order valence-electron chi connectivity index (χ1n) is 8.75. The maximum Gasteiger partial charge on any atom is 0.282 e. The van der Waals surface area contributed by atoms with Crippen molar-refractivity contribution in [2.24, 2.45) is 0 Å². The van der Waals surface area contributed by atoms with Gasteiger partial charge < -0.3 is 14.4 Å². The summed E-state index contributed by atoms with van der Waals surface area (Å²) >= 11 is 6.34. The van der Waals surface area contributed by atoms with Gasteiger partial charge in [0.1, 0.15) is 11.6 Å². The summed E-state index contributed by atoms with van der Waals surface area (Å²) in [6.45, 7) is 3.69. The number of likely N-dealkylation sites (N-methyl/N-ethyl adjacent to an activating group) is 1. The molecule has 0 aliphatic rings. The van der Waals surface area contributed by atoms with E-state index in [9.17, 15) is 9.59 Å². The number of nitrogens with zero attached hydrogens (tertiary/aromatic N) is 3. The van der Waals surface area contributed by atoms with Gasteiger partial charge in [0.2, 0.25) is 0 Å². The Balaban J connectivity index is 2.35. The third-order valence-corrected chi connectivity index (χ3v) is 4.26. The Morgan fingerprint density at radius 1 is 1.34 bits per heavy atom. The van der Waals surface area contributed by atoms with Crippen molar-refractivity contribution < 1.29 is 14.3 Å². The topological polar surface area (TPSA) is 108 Å². The highest BCUT2D eigenvalue weighted by Gasteiger charge is 2.15. The highest BCUT2D eigenvalue weighted by atomic mass is 35.5.